The van der Waals surface area contributed by atoms with E-state index in [1.54, 1.807) is 12.1 Å². The van der Waals surface area contributed by atoms with Gasteiger partial charge in [-0.2, -0.15) is 5.26 Å². The molecule has 0 aromatic heterocycles. The summed E-state index contributed by atoms with van der Waals surface area (Å²) in [6, 6.07) is 13.2. The highest BCUT2D eigenvalue weighted by molar-refractivity contribution is 5.34. The molecule has 0 aliphatic rings. The van der Waals surface area contributed by atoms with Gasteiger partial charge in [0, 0.05) is 18.7 Å². The second-order valence-electron chi connectivity index (χ2n) is 4.19. The summed E-state index contributed by atoms with van der Waals surface area (Å²) in [6.45, 7) is 0.909. The summed E-state index contributed by atoms with van der Waals surface area (Å²) in [5.74, 6) is -0.305. The minimum absolute atomic E-state index is 0.0691. The molecule has 0 saturated carbocycles. The van der Waals surface area contributed by atoms with E-state index >= 15 is 0 Å². The molecule has 19 heavy (non-hydrogen) atoms. The average molecular weight is 256 g/mol. The molecule has 2 rings (SSSR count). The second kappa shape index (κ2) is 5.98. The zero-order chi connectivity index (χ0) is 13.7. The highest BCUT2D eigenvalue weighted by Gasteiger charge is 2.02. The first-order chi connectivity index (χ1) is 9.19. The van der Waals surface area contributed by atoms with Gasteiger partial charge < -0.3 is 10.4 Å². The molecular weight excluding hydrogens is 243 g/mol. The zero-order valence-electron chi connectivity index (χ0n) is 10.2. The van der Waals surface area contributed by atoms with Crippen molar-refractivity contribution in [3.63, 3.8) is 0 Å². The van der Waals surface area contributed by atoms with E-state index in [0.717, 1.165) is 5.56 Å². The highest BCUT2D eigenvalue weighted by Crippen LogP contribution is 2.17. The summed E-state index contributed by atoms with van der Waals surface area (Å²) in [5.41, 5.74) is 2.08. The first kappa shape index (κ1) is 13.1. The van der Waals surface area contributed by atoms with Crippen LogP contribution in [0.2, 0.25) is 0 Å². The fraction of sp³-hybridized carbons (Fsp3) is 0.133. The maximum Gasteiger partial charge on any atom is 0.123 e. The van der Waals surface area contributed by atoms with Crippen LogP contribution in [0.1, 0.15) is 16.7 Å². The Balaban J connectivity index is 1.96. The number of hydrogen-bond donors (Lipinski definition) is 2. The minimum Gasteiger partial charge on any atom is -0.508 e. The van der Waals surface area contributed by atoms with Gasteiger partial charge in [-0.25, -0.2) is 4.39 Å². The van der Waals surface area contributed by atoms with Crippen LogP contribution in [-0.4, -0.2) is 5.11 Å². The number of nitriles is 1. The van der Waals surface area contributed by atoms with Crippen molar-refractivity contribution >= 4 is 0 Å². The second-order valence-corrected chi connectivity index (χ2v) is 4.19. The smallest absolute Gasteiger partial charge is 0.123 e. The van der Waals surface area contributed by atoms with Crippen molar-refractivity contribution in [3.8, 4) is 11.8 Å². The van der Waals surface area contributed by atoms with Crippen molar-refractivity contribution in [1.29, 1.82) is 5.26 Å². The lowest BCUT2D eigenvalue weighted by Crippen LogP contribution is -2.13. The first-order valence-corrected chi connectivity index (χ1v) is 5.86. The number of nitrogens with zero attached hydrogens (tertiary/aromatic N) is 1. The van der Waals surface area contributed by atoms with Crippen molar-refractivity contribution in [2.75, 3.05) is 0 Å². The third kappa shape index (κ3) is 3.54. The number of phenols is 1. The van der Waals surface area contributed by atoms with Crippen LogP contribution in [-0.2, 0) is 13.1 Å². The summed E-state index contributed by atoms with van der Waals surface area (Å²) >= 11 is 0. The van der Waals surface area contributed by atoms with E-state index in [-0.39, 0.29) is 11.6 Å². The van der Waals surface area contributed by atoms with Crippen LogP contribution >= 0.6 is 0 Å². The molecule has 0 radical (unpaired) electrons. The molecule has 2 N–H and O–H groups in total. The van der Waals surface area contributed by atoms with Gasteiger partial charge in [0.2, 0.25) is 0 Å². The standard InChI is InChI=1S/C15H13FN2O/c16-14-4-5-15(19)13(7-14)10-18-9-12-3-1-2-11(6-12)8-17/h1-7,18-19H,9-10H2. The van der Waals surface area contributed by atoms with Gasteiger partial charge in [-0.05, 0) is 35.9 Å². The van der Waals surface area contributed by atoms with Gasteiger partial charge >= 0.3 is 0 Å². The van der Waals surface area contributed by atoms with Gasteiger partial charge in [0.15, 0.2) is 0 Å². The molecule has 96 valence electrons. The average Bonchev–Trinajstić information content (AvgIpc) is 2.43. The Morgan fingerprint density at radius 1 is 1.16 bits per heavy atom. The predicted octanol–water partition coefficient (Wildman–Crippen LogP) is 2.69. The van der Waals surface area contributed by atoms with Crippen molar-refractivity contribution in [3.05, 3.63) is 65.0 Å². The zero-order valence-corrected chi connectivity index (χ0v) is 10.2. The Bertz CT molecular complexity index is 620. The largest absolute Gasteiger partial charge is 0.508 e. The molecule has 0 fully saturated rings. The number of rotatable bonds is 4. The van der Waals surface area contributed by atoms with Gasteiger partial charge in [-0.3, -0.25) is 0 Å². The normalized spacial score (nSPS) is 10.1. The molecule has 2 aromatic rings. The molecule has 0 bridgehead atoms. The number of hydrogen-bond acceptors (Lipinski definition) is 3. The number of aromatic hydroxyl groups is 1. The van der Waals surface area contributed by atoms with E-state index in [9.17, 15) is 9.50 Å². The number of halogens is 1. The Hall–Kier alpha value is -2.38. The molecule has 4 heteroatoms. The van der Waals surface area contributed by atoms with Crippen molar-refractivity contribution in [1.82, 2.24) is 5.32 Å². The molecule has 0 heterocycles. The molecular formula is C15H13FN2O. The molecule has 2 aromatic carbocycles. The minimum atomic E-state index is -0.374. The summed E-state index contributed by atoms with van der Waals surface area (Å²) in [5, 5.41) is 21.5. The summed E-state index contributed by atoms with van der Waals surface area (Å²) in [4.78, 5) is 0. The van der Waals surface area contributed by atoms with Crippen LogP contribution in [0.4, 0.5) is 4.39 Å². The van der Waals surface area contributed by atoms with E-state index in [1.165, 1.54) is 18.2 Å². The molecule has 0 aliphatic carbocycles. The number of phenolic OH excluding ortho intramolecular Hbond substituents is 1. The van der Waals surface area contributed by atoms with Crippen LogP contribution in [0.5, 0.6) is 5.75 Å². The van der Waals surface area contributed by atoms with E-state index in [0.29, 0.717) is 24.2 Å². The Labute approximate surface area is 110 Å². The topological polar surface area (TPSA) is 56.0 Å². The molecule has 0 aliphatic heterocycles. The monoisotopic (exact) mass is 256 g/mol. The van der Waals surface area contributed by atoms with E-state index < -0.39 is 0 Å². The van der Waals surface area contributed by atoms with Gasteiger partial charge in [0.25, 0.3) is 0 Å². The lowest BCUT2D eigenvalue weighted by Gasteiger charge is -2.07. The third-order valence-electron chi connectivity index (χ3n) is 2.74. The van der Waals surface area contributed by atoms with E-state index in [2.05, 4.69) is 11.4 Å². The van der Waals surface area contributed by atoms with Crippen LogP contribution in [0.3, 0.4) is 0 Å². The Morgan fingerprint density at radius 2 is 2.00 bits per heavy atom. The molecule has 3 nitrogen and oxygen atoms in total. The van der Waals surface area contributed by atoms with Crippen LogP contribution in [0.15, 0.2) is 42.5 Å². The molecule has 0 unspecified atom stereocenters. The summed E-state index contributed by atoms with van der Waals surface area (Å²) in [6.07, 6.45) is 0. The third-order valence-corrected chi connectivity index (χ3v) is 2.74. The molecule has 0 spiro atoms. The molecule has 0 amide bonds. The van der Waals surface area contributed by atoms with Crippen LogP contribution in [0.25, 0.3) is 0 Å². The Morgan fingerprint density at radius 3 is 2.79 bits per heavy atom. The van der Waals surface area contributed by atoms with E-state index in [4.69, 9.17) is 5.26 Å². The molecule has 0 atom stereocenters. The maximum absolute atomic E-state index is 13.0. The lowest BCUT2D eigenvalue weighted by molar-refractivity contribution is 0.461. The van der Waals surface area contributed by atoms with Crippen molar-refractivity contribution in [2.24, 2.45) is 0 Å². The SMILES string of the molecule is N#Cc1cccc(CNCc2cc(F)ccc2O)c1. The first-order valence-electron chi connectivity index (χ1n) is 5.86. The Kier molecular flexibility index (Phi) is 4.11. The predicted molar refractivity (Wildman–Crippen MR) is 69.8 cm³/mol. The van der Waals surface area contributed by atoms with E-state index in [1.807, 2.05) is 12.1 Å². The van der Waals surface area contributed by atoms with Gasteiger partial charge in [-0.15, -0.1) is 0 Å². The molecule has 0 saturated heterocycles. The van der Waals surface area contributed by atoms with Crippen LogP contribution < -0.4 is 5.32 Å². The van der Waals surface area contributed by atoms with Gasteiger partial charge in [0.05, 0.1) is 11.6 Å². The maximum atomic E-state index is 13.0. The van der Waals surface area contributed by atoms with Crippen molar-refractivity contribution in [2.45, 2.75) is 13.1 Å². The number of benzene rings is 2. The lowest BCUT2D eigenvalue weighted by atomic mass is 10.1. The quantitative estimate of drug-likeness (QED) is 0.884. The van der Waals surface area contributed by atoms with Gasteiger partial charge in [0.1, 0.15) is 11.6 Å². The fourth-order valence-corrected chi connectivity index (χ4v) is 1.79. The highest BCUT2D eigenvalue weighted by atomic mass is 19.1. The summed E-state index contributed by atoms with van der Waals surface area (Å²) < 4.78 is 13.0. The van der Waals surface area contributed by atoms with Gasteiger partial charge in [-0.1, -0.05) is 12.1 Å². The number of nitrogens with one attached hydrogen (secondary N) is 1. The summed E-state index contributed by atoms with van der Waals surface area (Å²) in [7, 11) is 0. The van der Waals surface area contributed by atoms with Crippen LogP contribution in [0, 0.1) is 17.1 Å². The fourth-order valence-electron chi connectivity index (χ4n) is 1.79. The van der Waals surface area contributed by atoms with Crippen molar-refractivity contribution < 1.29 is 9.50 Å².